The van der Waals surface area contributed by atoms with Gasteiger partial charge in [0.15, 0.2) is 0 Å². The van der Waals surface area contributed by atoms with Crippen molar-refractivity contribution in [2.75, 3.05) is 0 Å². The summed E-state index contributed by atoms with van der Waals surface area (Å²) in [6.45, 7) is 0. The maximum Gasteiger partial charge on any atom is 3.00 e. The summed E-state index contributed by atoms with van der Waals surface area (Å²) < 4.78 is 0. The molecule has 0 unspecified atom stereocenters. The fourth-order valence-corrected chi connectivity index (χ4v) is 0. The Morgan fingerprint density at radius 2 is 0.421 bits per heavy atom. The summed E-state index contributed by atoms with van der Waals surface area (Å²) in [5.41, 5.74) is 0. The first kappa shape index (κ1) is 89.8. The van der Waals surface area contributed by atoms with Gasteiger partial charge in [0.2, 0.25) is 0 Å². The second kappa shape index (κ2) is 74.2. The molecule has 12 N–H and O–H groups in total. The SMILES string of the molecule is O=[N+]([O-])[O-].O=[N+]([O-])[O-].O=[N+]([O-])[O-].[Cr+3].[NH2-].[NH2-].[NH2-].[NH2-].[NH2-].[NH2-]. The van der Waals surface area contributed by atoms with E-state index in [1.54, 1.807) is 0 Å². The second-order valence-electron chi connectivity index (χ2n) is 0.671. The Kier molecular flexibility index (Phi) is 351. The van der Waals surface area contributed by atoms with Crippen molar-refractivity contribution in [3.05, 3.63) is 82.9 Å². The van der Waals surface area contributed by atoms with E-state index in [1.807, 2.05) is 0 Å². The van der Waals surface area contributed by atoms with Crippen molar-refractivity contribution in [1.29, 1.82) is 0 Å². The first-order valence-corrected chi connectivity index (χ1v) is 1.64. The molecule has 0 aliphatic rings. The third kappa shape index (κ3) is 691. The number of nitrogens with zero attached hydrogens (tertiary/aromatic N) is 3. The molecular formula is H12CrN9O9-6. The molecule has 0 heterocycles. The van der Waals surface area contributed by atoms with E-state index in [4.69, 9.17) is 46.0 Å². The zero-order valence-electron chi connectivity index (χ0n) is 8.89. The molecule has 0 amide bonds. The maximum absolute atomic E-state index is 8.25. The number of hydrogen-bond acceptors (Lipinski definition) is 9. The van der Waals surface area contributed by atoms with Gasteiger partial charge in [-0.3, -0.25) is 0 Å². The van der Waals surface area contributed by atoms with Gasteiger partial charge in [-0.05, 0) is 0 Å². The van der Waals surface area contributed by atoms with Crippen molar-refractivity contribution in [3.63, 3.8) is 0 Å². The van der Waals surface area contributed by atoms with E-state index in [-0.39, 0.29) is 54.3 Å². The van der Waals surface area contributed by atoms with Crippen LogP contribution in [0.3, 0.4) is 0 Å². The van der Waals surface area contributed by atoms with Crippen LogP contribution in [-0.2, 0) is 17.4 Å². The molecule has 123 valence electrons. The Bertz CT molecular complexity index is 121. The normalized spacial score (nSPS) is 3.79. The van der Waals surface area contributed by atoms with Gasteiger partial charge in [-0.15, -0.1) is 0 Å². The molecule has 0 aromatic rings. The molecule has 18 nitrogen and oxygen atoms in total. The third-order valence-electron chi connectivity index (χ3n) is 0. The molecule has 0 aliphatic carbocycles. The van der Waals surface area contributed by atoms with Crippen LogP contribution in [0, 0.1) is 46.0 Å². The first-order chi connectivity index (χ1) is 5.20. The summed E-state index contributed by atoms with van der Waals surface area (Å²) in [6.07, 6.45) is 0. The van der Waals surface area contributed by atoms with Crippen LogP contribution in [0.2, 0.25) is 0 Å². The molecule has 0 spiro atoms. The van der Waals surface area contributed by atoms with Crippen molar-refractivity contribution >= 4 is 0 Å². The van der Waals surface area contributed by atoms with Crippen LogP contribution < -0.4 is 0 Å². The van der Waals surface area contributed by atoms with E-state index in [2.05, 4.69) is 0 Å². The minimum Gasteiger partial charge on any atom is -0.693 e. The zero-order valence-corrected chi connectivity index (χ0v) is 10.2. The van der Waals surface area contributed by atoms with Crippen LogP contribution in [0.15, 0.2) is 0 Å². The molecule has 19 heavy (non-hydrogen) atoms. The fourth-order valence-electron chi connectivity index (χ4n) is 0. The predicted molar refractivity (Wildman–Crippen MR) is 62.8 cm³/mol. The summed E-state index contributed by atoms with van der Waals surface area (Å²) in [4.78, 5) is 24.8. The van der Waals surface area contributed by atoms with E-state index in [1.165, 1.54) is 0 Å². The molecule has 19 heteroatoms. The minimum absolute atomic E-state index is 0. The maximum atomic E-state index is 8.25. The number of rotatable bonds is 0. The van der Waals surface area contributed by atoms with Gasteiger partial charge in [0.1, 0.15) is 0 Å². The van der Waals surface area contributed by atoms with Crippen molar-refractivity contribution in [2.45, 2.75) is 0 Å². The zero-order chi connectivity index (χ0) is 10.7. The summed E-state index contributed by atoms with van der Waals surface area (Å²) in [5.74, 6) is 0. The third-order valence-corrected chi connectivity index (χ3v) is 0. The van der Waals surface area contributed by atoms with Crippen LogP contribution in [0.25, 0.3) is 36.9 Å². The van der Waals surface area contributed by atoms with Gasteiger partial charge >= 0.3 is 17.4 Å². The Morgan fingerprint density at radius 1 is 0.421 bits per heavy atom. The molecule has 0 aliphatic heterocycles. The van der Waals surface area contributed by atoms with Crippen molar-refractivity contribution < 1.29 is 32.6 Å². The van der Waals surface area contributed by atoms with Crippen LogP contribution >= 0.6 is 0 Å². The van der Waals surface area contributed by atoms with Crippen LogP contribution in [0.5, 0.6) is 0 Å². The van der Waals surface area contributed by atoms with Crippen molar-refractivity contribution in [2.24, 2.45) is 0 Å². The summed E-state index contributed by atoms with van der Waals surface area (Å²) >= 11 is 0. The molecule has 0 rings (SSSR count). The van der Waals surface area contributed by atoms with Gasteiger partial charge in [-0.1, -0.05) is 0 Å². The molecule has 0 bridgehead atoms. The predicted octanol–water partition coefficient (Wildman–Crippen LogP) is 3.58. The second-order valence-corrected chi connectivity index (χ2v) is 0.671. The minimum atomic E-state index is -1.75. The largest absolute Gasteiger partial charge is 3.00 e. The van der Waals surface area contributed by atoms with E-state index >= 15 is 0 Å². The summed E-state index contributed by atoms with van der Waals surface area (Å²) in [7, 11) is 0. The molecule has 0 aromatic carbocycles. The Morgan fingerprint density at radius 3 is 0.421 bits per heavy atom. The monoisotopic (exact) mass is 334 g/mol. The molecule has 0 aromatic heterocycles. The van der Waals surface area contributed by atoms with E-state index in [0.717, 1.165) is 0 Å². The topological polar surface area (TPSA) is 400 Å². The first-order valence-electron chi connectivity index (χ1n) is 1.64. The molecular weight excluding hydrogens is 322 g/mol. The van der Waals surface area contributed by atoms with Gasteiger partial charge in [0, 0.05) is 0 Å². The molecule has 0 fully saturated rings. The Hall–Kier alpha value is -2.11. The smallest absolute Gasteiger partial charge is 0.693 e. The quantitative estimate of drug-likeness (QED) is 0.459. The Balaban J connectivity index is -0.00000000675. The van der Waals surface area contributed by atoms with Gasteiger partial charge in [0.05, 0.1) is 15.3 Å². The fraction of sp³-hybridized carbons (Fsp3) is 0. The Labute approximate surface area is 116 Å². The summed E-state index contributed by atoms with van der Waals surface area (Å²) in [6, 6.07) is 0. The van der Waals surface area contributed by atoms with E-state index in [0.29, 0.717) is 0 Å². The molecule has 0 saturated carbocycles. The van der Waals surface area contributed by atoms with Gasteiger partial charge in [-0.25, -0.2) is 0 Å². The van der Waals surface area contributed by atoms with Crippen LogP contribution in [0.4, 0.5) is 0 Å². The van der Waals surface area contributed by atoms with Crippen molar-refractivity contribution in [3.8, 4) is 0 Å². The van der Waals surface area contributed by atoms with Gasteiger partial charge < -0.3 is 82.9 Å². The molecule has 0 saturated heterocycles. The number of hydrogen-bond donors (Lipinski definition) is 0. The standard InChI is InChI=1S/Cr.3NO3.6H2N/c;3*2-1(3)4;;;;;;/h;;;;6*1H2/q+3;9*-1. The average molecular weight is 334 g/mol. The van der Waals surface area contributed by atoms with E-state index in [9.17, 15) is 0 Å². The van der Waals surface area contributed by atoms with Crippen LogP contribution in [-0.4, -0.2) is 15.3 Å². The van der Waals surface area contributed by atoms with Gasteiger partial charge in [0.25, 0.3) is 0 Å². The van der Waals surface area contributed by atoms with Gasteiger partial charge in [-0.2, -0.15) is 0 Å². The molecule has 0 atom stereocenters. The number of nitrogens with two attached hydrogens (primary N) is 6. The molecule has 1 radical (unpaired) electrons. The van der Waals surface area contributed by atoms with Crippen LogP contribution in [0.1, 0.15) is 0 Å². The average Bonchev–Trinajstić information content (AvgIpc) is 1.54. The van der Waals surface area contributed by atoms with E-state index < -0.39 is 15.3 Å². The van der Waals surface area contributed by atoms with Crippen molar-refractivity contribution in [1.82, 2.24) is 0 Å². The summed E-state index contributed by atoms with van der Waals surface area (Å²) in [5, 5.41) is 44.2.